The quantitative estimate of drug-likeness (QED) is 0.677. The number of amides is 1. The fraction of sp³-hybridized carbons (Fsp3) is 0.750. The van der Waals surface area contributed by atoms with Gasteiger partial charge in [0.1, 0.15) is 6.33 Å². The number of nitrogens with one attached hydrogen (secondary N) is 2. The van der Waals surface area contributed by atoms with Gasteiger partial charge in [0, 0.05) is 26.1 Å². The molecule has 102 valence electrons. The molecule has 0 fully saturated rings. The van der Waals surface area contributed by atoms with Crippen molar-refractivity contribution < 1.29 is 4.79 Å². The molecule has 0 aliphatic heterocycles. The van der Waals surface area contributed by atoms with Gasteiger partial charge >= 0.3 is 0 Å². The zero-order chi connectivity index (χ0) is 13.5. The van der Waals surface area contributed by atoms with Crippen molar-refractivity contribution in [2.75, 3.05) is 13.1 Å². The lowest BCUT2D eigenvalue weighted by Gasteiger charge is -2.17. The van der Waals surface area contributed by atoms with E-state index in [9.17, 15) is 4.79 Å². The Labute approximate surface area is 108 Å². The van der Waals surface area contributed by atoms with Crippen molar-refractivity contribution in [3.05, 3.63) is 12.2 Å². The number of aryl methyl sites for hydroxylation is 1. The van der Waals surface area contributed by atoms with Crippen LogP contribution >= 0.6 is 0 Å². The van der Waals surface area contributed by atoms with E-state index in [1.807, 2.05) is 14.0 Å². The van der Waals surface area contributed by atoms with Gasteiger partial charge in [0.05, 0.1) is 6.54 Å². The van der Waals surface area contributed by atoms with Crippen LogP contribution < -0.4 is 10.6 Å². The summed E-state index contributed by atoms with van der Waals surface area (Å²) in [7, 11) is 1.84. The van der Waals surface area contributed by atoms with Crippen LogP contribution in [0.5, 0.6) is 0 Å². The molecule has 0 bridgehead atoms. The van der Waals surface area contributed by atoms with E-state index >= 15 is 0 Å². The van der Waals surface area contributed by atoms with Gasteiger partial charge in [-0.2, -0.15) is 5.10 Å². The first kappa shape index (κ1) is 14.6. The predicted molar refractivity (Wildman–Crippen MR) is 70.0 cm³/mol. The first-order valence-corrected chi connectivity index (χ1v) is 6.33. The first-order valence-electron chi connectivity index (χ1n) is 6.33. The average molecular weight is 253 g/mol. The summed E-state index contributed by atoms with van der Waals surface area (Å²) in [4.78, 5) is 15.7. The van der Waals surface area contributed by atoms with Crippen molar-refractivity contribution in [2.24, 2.45) is 13.0 Å². The van der Waals surface area contributed by atoms with Gasteiger partial charge in [-0.3, -0.25) is 9.48 Å². The van der Waals surface area contributed by atoms with Crippen LogP contribution in [0.3, 0.4) is 0 Å². The van der Waals surface area contributed by atoms with E-state index < -0.39 is 0 Å². The van der Waals surface area contributed by atoms with E-state index in [0.717, 1.165) is 12.2 Å². The molecule has 0 spiro atoms. The maximum Gasteiger partial charge on any atom is 0.234 e. The number of nitrogens with zero attached hydrogens (tertiary/aromatic N) is 3. The number of carbonyl (C=O) groups excluding carboxylic acids is 1. The number of rotatable bonds is 7. The first-order chi connectivity index (χ1) is 8.49. The predicted octanol–water partition coefficient (Wildman–Crippen LogP) is 0.108. The Hall–Kier alpha value is -1.43. The Balaban J connectivity index is 2.12. The highest BCUT2D eigenvalue weighted by Crippen LogP contribution is 1.98. The third-order valence-corrected chi connectivity index (χ3v) is 2.85. The smallest absolute Gasteiger partial charge is 0.234 e. The van der Waals surface area contributed by atoms with Crippen LogP contribution in [-0.2, 0) is 18.3 Å². The van der Waals surface area contributed by atoms with Crippen molar-refractivity contribution in [3.63, 3.8) is 0 Å². The second-order valence-electron chi connectivity index (χ2n) is 4.86. The van der Waals surface area contributed by atoms with Crippen LogP contribution in [-0.4, -0.2) is 39.8 Å². The molecule has 0 saturated heterocycles. The van der Waals surface area contributed by atoms with Gasteiger partial charge < -0.3 is 10.6 Å². The third-order valence-electron chi connectivity index (χ3n) is 2.85. The molecule has 0 aromatic carbocycles. The van der Waals surface area contributed by atoms with E-state index in [2.05, 4.69) is 34.6 Å². The standard InChI is InChI=1S/C12H23N5O/c1-9(2)10(3)15-12(18)7-13-6-5-11-14-8-17(4)16-11/h8-10,13H,5-7H2,1-4H3,(H,15,18). The van der Waals surface area contributed by atoms with Crippen LogP contribution in [0, 0.1) is 5.92 Å². The molecule has 1 aromatic rings. The zero-order valence-electron chi connectivity index (χ0n) is 11.6. The van der Waals surface area contributed by atoms with Crippen LogP contribution in [0.2, 0.25) is 0 Å². The van der Waals surface area contributed by atoms with Crippen molar-refractivity contribution in [2.45, 2.75) is 33.2 Å². The molecule has 2 N–H and O–H groups in total. The summed E-state index contributed by atoms with van der Waals surface area (Å²) in [5, 5.41) is 10.2. The zero-order valence-corrected chi connectivity index (χ0v) is 11.6. The highest BCUT2D eigenvalue weighted by atomic mass is 16.1. The monoisotopic (exact) mass is 253 g/mol. The molecular weight excluding hydrogens is 230 g/mol. The molecule has 0 saturated carbocycles. The van der Waals surface area contributed by atoms with Gasteiger partial charge in [0.25, 0.3) is 0 Å². The summed E-state index contributed by atoms with van der Waals surface area (Å²) in [5.41, 5.74) is 0. The molecule has 0 aliphatic carbocycles. The largest absolute Gasteiger partial charge is 0.352 e. The number of hydrogen-bond acceptors (Lipinski definition) is 4. The summed E-state index contributed by atoms with van der Waals surface area (Å²) in [6, 6.07) is 0.205. The second-order valence-corrected chi connectivity index (χ2v) is 4.86. The Bertz CT molecular complexity index is 374. The molecule has 1 heterocycles. The molecular formula is C12H23N5O. The summed E-state index contributed by atoms with van der Waals surface area (Å²) in [5.74, 6) is 1.28. The minimum absolute atomic E-state index is 0.0326. The maximum absolute atomic E-state index is 11.6. The minimum atomic E-state index is 0.0326. The van der Waals surface area contributed by atoms with Crippen LogP contribution in [0.1, 0.15) is 26.6 Å². The van der Waals surface area contributed by atoms with E-state index in [0.29, 0.717) is 19.0 Å². The Kier molecular flexibility index (Phi) is 5.77. The van der Waals surface area contributed by atoms with Gasteiger partial charge in [-0.05, 0) is 12.8 Å². The SMILES string of the molecule is CC(C)C(C)NC(=O)CNCCc1ncn(C)n1. The van der Waals surface area contributed by atoms with Crippen molar-refractivity contribution in [1.82, 2.24) is 25.4 Å². The van der Waals surface area contributed by atoms with E-state index in [1.165, 1.54) is 0 Å². The van der Waals surface area contributed by atoms with Gasteiger partial charge in [0.2, 0.25) is 5.91 Å². The summed E-state index contributed by atoms with van der Waals surface area (Å²) in [6.45, 7) is 7.23. The van der Waals surface area contributed by atoms with E-state index in [-0.39, 0.29) is 11.9 Å². The lowest BCUT2D eigenvalue weighted by molar-refractivity contribution is -0.121. The topological polar surface area (TPSA) is 71.8 Å². The summed E-state index contributed by atoms with van der Waals surface area (Å²) < 4.78 is 1.67. The minimum Gasteiger partial charge on any atom is -0.352 e. The molecule has 0 aliphatic rings. The van der Waals surface area contributed by atoms with Crippen LogP contribution in [0.25, 0.3) is 0 Å². The van der Waals surface area contributed by atoms with Gasteiger partial charge in [-0.1, -0.05) is 13.8 Å². The van der Waals surface area contributed by atoms with Crippen LogP contribution in [0.4, 0.5) is 0 Å². The Morgan fingerprint density at radius 2 is 2.17 bits per heavy atom. The van der Waals surface area contributed by atoms with Gasteiger partial charge in [-0.15, -0.1) is 0 Å². The highest BCUT2D eigenvalue weighted by molar-refractivity contribution is 5.78. The van der Waals surface area contributed by atoms with E-state index in [4.69, 9.17) is 0 Å². The number of hydrogen-bond donors (Lipinski definition) is 2. The molecule has 6 heteroatoms. The molecule has 1 rings (SSSR count). The lowest BCUT2D eigenvalue weighted by atomic mass is 10.1. The van der Waals surface area contributed by atoms with Crippen molar-refractivity contribution in [3.8, 4) is 0 Å². The molecule has 18 heavy (non-hydrogen) atoms. The number of carbonyl (C=O) groups is 1. The van der Waals surface area contributed by atoms with Gasteiger partial charge in [0.15, 0.2) is 5.82 Å². The molecule has 1 amide bonds. The third kappa shape index (κ3) is 5.27. The molecule has 1 unspecified atom stereocenters. The Morgan fingerprint density at radius 3 is 2.72 bits per heavy atom. The average Bonchev–Trinajstić information content (AvgIpc) is 2.70. The summed E-state index contributed by atoms with van der Waals surface area (Å²) >= 11 is 0. The molecule has 1 atom stereocenters. The molecule has 1 aromatic heterocycles. The highest BCUT2D eigenvalue weighted by Gasteiger charge is 2.10. The van der Waals surface area contributed by atoms with Gasteiger partial charge in [-0.25, -0.2) is 4.98 Å². The molecule has 6 nitrogen and oxygen atoms in total. The maximum atomic E-state index is 11.6. The lowest BCUT2D eigenvalue weighted by Crippen LogP contribution is -2.41. The Morgan fingerprint density at radius 1 is 1.44 bits per heavy atom. The summed E-state index contributed by atoms with van der Waals surface area (Å²) in [6.07, 6.45) is 2.40. The second kappa shape index (κ2) is 7.10. The normalized spacial score (nSPS) is 12.7. The molecule has 0 radical (unpaired) electrons. The fourth-order valence-electron chi connectivity index (χ4n) is 1.37. The fourth-order valence-corrected chi connectivity index (χ4v) is 1.37. The van der Waals surface area contributed by atoms with Crippen LogP contribution in [0.15, 0.2) is 6.33 Å². The van der Waals surface area contributed by atoms with E-state index in [1.54, 1.807) is 11.0 Å². The van der Waals surface area contributed by atoms with Crippen molar-refractivity contribution >= 4 is 5.91 Å². The van der Waals surface area contributed by atoms with Crippen molar-refractivity contribution in [1.29, 1.82) is 0 Å². The number of aromatic nitrogens is 3.